The van der Waals surface area contributed by atoms with Crippen LogP contribution < -0.4 is 0 Å². The number of carbonyl (C=O) groups excluding carboxylic acids is 1. The predicted molar refractivity (Wildman–Crippen MR) is 53.0 cm³/mol. The van der Waals surface area contributed by atoms with Crippen molar-refractivity contribution < 1.29 is 9.53 Å². The lowest BCUT2D eigenvalue weighted by atomic mass is 9.99. The second kappa shape index (κ2) is 4.09. The van der Waals surface area contributed by atoms with E-state index in [0.29, 0.717) is 12.4 Å². The van der Waals surface area contributed by atoms with Crippen molar-refractivity contribution in [2.75, 3.05) is 6.61 Å². The van der Waals surface area contributed by atoms with Crippen molar-refractivity contribution in [1.29, 1.82) is 0 Å². The minimum Gasteiger partial charge on any atom is -0.494 e. The molecule has 0 aliphatic carbocycles. The Morgan fingerprint density at radius 2 is 2.21 bits per heavy atom. The Balaban J connectivity index is 2.57. The van der Waals surface area contributed by atoms with Crippen LogP contribution >= 0.6 is 11.6 Å². The van der Waals surface area contributed by atoms with Crippen LogP contribution in [-0.2, 0) is 9.53 Å². The number of azo groups is 1. The van der Waals surface area contributed by atoms with Crippen molar-refractivity contribution in [2.45, 2.75) is 26.1 Å². The van der Waals surface area contributed by atoms with Crippen LogP contribution in [0, 0.1) is 5.41 Å². The van der Waals surface area contributed by atoms with Gasteiger partial charge in [0.25, 0.3) is 5.91 Å². The molecular formula is C9H13ClN2O2. The van der Waals surface area contributed by atoms with Crippen molar-refractivity contribution in [3.05, 3.63) is 12.0 Å². The third kappa shape index (κ3) is 3.10. The van der Waals surface area contributed by atoms with Crippen molar-refractivity contribution in [3.63, 3.8) is 0 Å². The zero-order chi connectivity index (χ0) is 10.8. The van der Waals surface area contributed by atoms with Gasteiger partial charge in [-0.3, -0.25) is 4.79 Å². The number of amides is 1. The number of rotatable bonds is 2. The van der Waals surface area contributed by atoms with Crippen LogP contribution in [0.1, 0.15) is 20.8 Å². The Morgan fingerprint density at radius 3 is 2.79 bits per heavy atom. The van der Waals surface area contributed by atoms with Crippen molar-refractivity contribution in [2.24, 2.45) is 15.6 Å². The van der Waals surface area contributed by atoms with Gasteiger partial charge in [0.1, 0.15) is 5.76 Å². The molecule has 0 aromatic carbocycles. The second-order valence-corrected chi connectivity index (χ2v) is 4.73. The van der Waals surface area contributed by atoms with E-state index in [1.807, 2.05) is 20.8 Å². The molecule has 1 aliphatic rings. The molecule has 0 aromatic rings. The lowest BCUT2D eigenvalue weighted by Gasteiger charge is -2.21. The molecule has 0 radical (unpaired) electrons. The molecule has 1 unspecified atom stereocenters. The van der Waals surface area contributed by atoms with Gasteiger partial charge in [0.2, 0.25) is 0 Å². The highest BCUT2D eigenvalue weighted by atomic mass is 35.5. The highest BCUT2D eigenvalue weighted by Gasteiger charge is 2.25. The Morgan fingerprint density at radius 1 is 1.57 bits per heavy atom. The van der Waals surface area contributed by atoms with Gasteiger partial charge in [-0.2, -0.15) is 5.11 Å². The summed E-state index contributed by atoms with van der Waals surface area (Å²) < 4.78 is 5.38. The van der Waals surface area contributed by atoms with Crippen LogP contribution in [0.15, 0.2) is 22.2 Å². The summed E-state index contributed by atoms with van der Waals surface area (Å²) >= 11 is 5.77. The van der Waals surface area contributed by atoms with Crippen molar-refractivity contribution in [3.8, 4) is 0 Å². The van der Waals surface area contributed by atoms with Gasteiger partial charge in [-0.25, -0.2) is 0 Å². The molecule has 0 bridgehead atoms. The monoisotopic (exact) mass is 216 g/mol. The molecule has 1 heterocycles. The fourth-order valence-corrected chi connectivity index (χ4v) is 0.954. The quantitative estimate of drug-likeness (QED) is 0.666. The first-order valence-electron chi connectivity index (χ1n) is 4.32. The van der Waals surface area contributed by atoms with Gasteiger partial charge in [0, 0.05) is 0 Å². The first-order valence-corrected chi connectivity index (χ1v) is 4.75. The van der Waals surface area contributed by atoms with E-state index < -0.39 is 11.3 Å². The molecule has 1 atom stereocenters. The SMILES string of the molecule is CC(C)(C)COC1=CN=NC(=O)C1Cl. The van der Waals surface area contributed by atoms with Gasteiger partial charge in [0.15, 0.2) is 5.38 Å². The van der Waals surface area contributed by atoms with Gasteiger partial charge < -0.3 is 4.74 Å². The minimum absolute atomic E-state index is 0.0229. The van der Waals surface area contributed by atoms with E-state index in [9.17, 15) is 4.79 Å². The van der Waals surface area contributed by atoms with E-state index in [2.05, 4.69) is 10.2 Å². The Hall–Kier alpha value is -0.900. The van der Waals surface area contributed by atoms with Crippen LogP contribution in [0.5, 0.6) is 0 Å². The third-order valence-corrected chi connectivity index (χ3v) is 1.88. The predicted octanol–water partition coefficient (Wildman–Crippen LogP) is 2.49. The van der Waals surface area contributed by atoms with E-state index in [-0.39, 0.29) is 5.41 Å². The fraction of sp³-hybridized carbons (Fsp3) is 0.667. The van der Waals surface area contributed by atoms with Gasteiger partial charge in [-0.1, -0.05) is 20.8 Å². The molecule has 0 N–H and O–H groups in total. The van der Waals surface area contributed by atoms with Gasteiger partial charge >= 0.3 is 0 Å². The van der Waals surface area contributed by atoms with Crippen LogP contribution in [0.25, 0.3) is 0 Å². The summed E-state index contributed by atoms with van der Waals surface area (Å²) in [7, 11) is 0. The van der Waals surface area contributed by atoms with Gasteiger partial charge in [0.05, 0.1) is 12.8 Å². The highest BCUT2D eigenvalue weighted by Crippen LogP contribution is 2.21. The number of nitrogens with zero attached hydrogens (tertiary/aromatic N) is 2. The molecule has 0 spiro atoms. The highest BCUT2D eigenvalue weighted by molar-refractivity contribution is 6.32. The number of hydrogen-bond acceptors (Lipinski definition) is 3. The normalized spacial score (nSPS) is 22.1. The molecule has 5 heteroatoms. The van der Waals surface area contributed by atoms with Crippen LogP contribution in [0.2, 0.25) is 0 Å². The van der Waals surface area contributed by atoms with E-state index in [4.69, 9.17) is 16.3 Å². The maximum absolute atomic E-state index is 11.0. The minimum atomic E-state index is -0.824. The molecule has 1 aliphatic heterocycles. The molecule has 0 saturated carbocycles. The van der Waals surface area contributed by atoms with Gasteiger partial charge in [-0.15, -0.1) is 16.7 Å². The Bertz CT molecular complexity index is 292. The molecule has 78 valence electrons. The zero-order valence-electron chi connectivity index (χ0n) is 8.45. The average Bonchev–Trinajstić information content (AvgIpc) is 2.06. The Kier molecular flexibility index (Phi) is 3.26. The first kappa shape index (κ1) is 11.2. The molecule has 4 nitrogen and oxygen atoms in total. The number of carbonyl (C=O) groups is 1. The fourth-order valence-electron chi connectivity index (χ4n) is 0.791. The molecular weight excluding hydrogens is 204 g/mol. The lowest BCUT2D eigenvalue weighted by Crippen LogP contribution is -2.22. The van der Waals surface area contributed by atoms with E-state index >= 15 is 0 Å². The molecule has 1 rings (SSSR count). The molecule has 0 aromatic heterocycles. The van der Waals surface area contributed by atoms with Gasteiger partial charge in [-0.05, 0) is 5.41 Å². The standard InChI is InChI=1S/C9H13ClN2O2/c1-9(2,3)5-14-6-4-11-12-8(13)7(6)10/h4,7H,5H2,1-3H3. The maximum Gasteiger partial charge on any atom is 0.290 e. The summed E-state index contributed by atoms with van der Waals surface area (Å²) in [5.74, 6) is -0.0975. The summed E-state index contributed by atoms with van der Waals surface area (Å²) in [4.78, 5) is 11.0. The smallest absolute Gasteiger partial charge is 0.290 e. The Labute approximate surface area is 88.0 Å². The number of alkyl halides is 1. The second-order valence-electron chi connectivity index (χ2n) is 4.30. The number of halogens is 1. The number of ether oxygens (including phenoxy) is 1. The molecule has 14 heavy (non-hydrogen) atoms. The summed E-state index contributed by atoms with van der Waals surface area (Å²) in [6.45, 7) is 6.58. The van der Waals surface area contributed by atoms with E-state index in [0.717, 1.165) is 0 Å². The summed E-state index contributed by atoms with van der Waals surface area (Å²) in [5, 5.41) is 5.97. The lowest BCUT2D eigenvalue weighted by molar-refractivity contribution is -0.118. The summed E-state index contributed by atoms with van der Waals surface area (Å²) in [6, 6.07) is 0. The number of hydrogen-bond donors (Lipinski definition) is 0. The van der Waals surface area contributed by atoms with Crippen molar-refractivity contribution >= 4 is 17.5 Å². The molecule has 0 fully saturated rings. The molecule has 0 saturated heterocycles. The molecule has 1 amide bonds. The van der Waals surface area contributed by atoms with E-state index in [1.54, 1.807) is 0 Å². The van der Waals surface area contributed by atoms with Crippen LogP contribution in [0.4, 0.5) is 0 Å². The average molecular weight is 217 g/mol. The van der Waals surface area contributed by atoms with Crippen molar-refractivity contribution in [1.82, 2.24) is 0 Å². The zero-order valence-corrected chi connectivity index (χ0v) is 9.21. The van der Waals surface area contributed by atoms with E-state index in [1.165, 1.54) is 6.20 Å². The first-order chi connectivity index (χ1) is 6.40. The van der Waals surface area contributed by atoms with Crippen LogP contribution in [0.3, 0.4) is 0 Å². The van der Waals surface area contributed by atoms with Crippen LogP contribution in [-0.4, -0.2) is 17.9 Å². The maximum atomic E-state index is 11.0. The third-order valence-electron chi connectivity index (χ3n) is 1.48. The summed E-state index contributed by atoms with van der Waals surface area (Å²) in [5.41, 5.74) is 0.0229. The topological polar surface area (TPSA) is 51.0 Å². The largest absolute Gasteiger partial charge is 0.494 e. The summed E-state index contributed by atoms with van der Waals surface area (Å²) in [6.07, 6.45) is 1.38.